The van der Waals surface area contributed by atoms with E-state index < -0.39 is 11.5 Å². The summed E-state index contributed by atoms with van der Waals surface area (Å²) in [6.45, 7) is 14.3. The van der Waals surface area contributed by atoms with Crippen molar-refractivity contribution in [1.29, 1.82) is 0 Å². The van der Waals surface area contributed by atoms with Crippen LogP contribution >= 0.6 is 11.6 Å². The third-order valence-corrected chi connectivity index (χ3v) is 7.98. The Morgan fingerprint density at radius 1 is 1.16 bits per heavy atom. The van der Waals surface area contributed by atoms with Gasteiger partial charge in [0.15, 0.2) is 17.2 Å². The van der Waals surface area contributed by atoms with Gasteiger partial charge < -0.3 is 15.0 Å². The van der Waals surface area contributed by atoms with Crippen LogP contribution in [-0.2, 0) is 4.79 Å². The van der Waals surface area contributed by atoms with Gasteiger partial charge in [-0.1, -0.05) is 58.0 Å². The molecule has 4 heterocycles. The fraction of sp³-hybridized carbons (Fsp3) is 0.355. The Balaban J connectivity index is 1.89. The number of carbonyl (C=O) groups excluding carboxylic acids is 1. The van der Waals surface area contributed by atoms with Gasteiger partial charge in [0.2, 0.25) is 5.91 Å². The molecule has 1 aromatic carbocycles. The minimum absolute atomic E-state index is 0.00792. The normalized spacial score (nSPS) is 15.5. The maximum absolute atomic E-state index is 15.1. The molecule has 224 valence electrons. The highest BCUT2D eigenvalue weighted by molar-refractivity contribution is 6.33. The van der Waals surface area contributed by atoms with Crippen LogP contribution in [-0.4, -0.2) is 56.0 Å². The van der Waals surface area contributed by atoms with Gasteiger partial charge in [-0.05, 0) is 43.0 Å². The Bertz CT molecular complexity index is 1780. The predicted octanol–water partition coefficient (Wildman–Crippen LogP) is 4.74. The lowest BCUT2D eigenvalue weighted by Gasteiger charge is -2.40. The number of halogens is 2. The lowest BCUT2D eigenvalue weighted by atomic mass is 10.0. The van der Waals surface area contributed by atoms with Crippen molar-refractivity contribution in [3.63, 3.8) is 0 Å². The lowest BCUT2D eigenvalue weighted by Crippen LogP contribution is -2.54. The molecule has 1 fully saturated rings. The zero-order valence-electron chi connectivity index (χ0n) is 24.7. The number of pyridine rings is 1. The summed E-state index contributed by atoms with van der Waals surface area (Å²) in [4.78, 5) is 43.5. The molecule has 0 N–H and O–H groups in total. The van der Waals surface area contributed by atoms with Crippen LogP contribution in [0.4, 0.5) is 10.2 Å². The van der Waals surface area contributed by atoms with E-state index in [0.717, 1.165) is 0 Å². The molecule has 4 aromatic rings. The molecule has 1 aliphatic heterocycles. The smallest absolute Gasteiger partial charge is 0.442 e. The van der Waals surface area contributed by atoms with Crippen molar-refractivity contribution in [2.24, 2.45) is 0 Å². The first kappa shape index (κ1) is 30.1. The van der Waals surface area contributed by atoms with E-state index >= 15 is 4.39 Å². The van der Waals surface area contributed by atoms with Crippen LogP contribution in [0.2, 0.25) is 5.02 Å². The Morgan fingerprint density at radius 2 is 1.81 bits per heavy atom. The highest BCUT2D eigenvalue weighted by atomic mass is 35.5. The lowest BCUT2D eigenvalue weighted by molar-refractivity contribution is -0.568. The molecule has 1 atom stereocenters. The molecule has 12 heteroatoms. The number of nitrogens with zero attached hydrogens (tertiary/aromatic N) is 7. The number of hydrogen-bond donors (Lipinski definition) is 0. The van der Waals surface area contributed by atoms with E-state index in [1.54, 1.807) is 17.0 Å². The van der Waals surface area contributed by atoms with Crippen LogP contribution in [0.25, 0.3) is 28.0 Å². The second-order valence-corrected chi connectivity index (χ2v) is 11.6. The number of piperazine rings is 1. The van der Waals surface area contributed by atoms with E-state index in [0.29, 0.717) is 46.8 Å². The van der Waals surface area contributed by atoms with Crippen molar-refractivity contribution in [3.05, 3.63) is 87.2 Å². The maximum Gasteiger partial charge on any atom is 0.442 e. The van der Waals surface area contributed by atoms with Crippen LogP contribution in [0.3, 0.4) is 0 Å². The highest BCUT2D eigenvalue weighted by Gasteiger charge is 2.35. The van der Waals surface area contributed by atoms with Gasteiger partial charge in [0.25, 0.3) is 0 Å². The van der Waals surface area contributed by atoms with Crippen molar-refractivity contribution >= 4 is 34.4 Å². The number of hydrogen-bond acceptors (Lipinski definition) is 7. The van der Waals surface area contributed by atoms with Crippen molar-refractivity contribution in [2.75, 3.05) is 24.5 Å². The fourth-order valence-corrected chi connectivity index (χ4v) is 5.92. The molecular weight excluding hydrogens is 573 g/mol. The number of amides is 1. The van der Waals surface area contributed by atoms with Crippen molar-refractivity contribution in [2.45, 2.75) is 52.5 Å². The summed E-state index contributed by atoms with van der Waals surface area (Å²) < 4.78 is 16.8. The summed E-state index contributed by atoms with van der Waals surface area (Å²) >= 11 is 6.74. The van der Waals surface area contributed by atoms with Crippen molar-refractivity contribution < 1.29 is 13.9 Å². The van der Waals surface area contributed by atoms with Gasteiger partial charge in [-0.25, -0.2) is 23.9 Å². The zero-order valence-corrected chi connectivity index (χ0v) is 25.5. The Hall–Kier alpha value is -4.38. The summed E-state index contributed by atoms with van der Waals surface area (Å²) in [6.07, 6.45) is 2.71. The van der Waals surface area contributed by atoms with E-state index in [4.69, 9.17) is 11.6 Å². The van der Waals surface area contributed by atoms with Crippen molar-refractivity contribution in [1.82, 2.24) is 24.4 Å². The SMILES string of the molecule is C=CC(=O)N1CCN(c2nc(=O)n(-c3c(C(C)C)ncnc3C(C)C)c3c2cc(Cl)c(-c2ccccc2F)[n+]3[O-])[C@@H](C)C1. The Morgan fingerprint density at radius 3 is 2.40 bits per heavy atom. The third kappa shape index (κ3) is 5.22. The summed E-state index contributed by atoms with van der Waals surface area (Å²) in [6, 6.07) is 7.12. The first-order valence-corrected chi connectivity index (χ1v) is 14.5. The number of anilines is 1. The average Bonchev–Trinajstić information content (AvgIpc) is 2.97. The van der Waals surface area contributed by atoms with E-state index in [1.165, 1.54) is 35.2 Å². The molecule has 0 bridgehead atoms. The van der Waals surface area contributed by atoms with Gasteiger partial charge in [-0.15, -0.1) is 4.57 Å². The molecule has 0 unspecified atom stereocenters. The number of rotatable bonds is 6. The molecule has 43 heavy (non-hydrogen) atoms. The zero-order chi connectivity index (χ0) is 31.2. The molecule has 3 aromatic heterocycles. The van der Waals surface area contributed by atoms with E-state index in [2.05, 4.69) is 21.5 Å². The van der Waals surface area contributed by atoms with Gasteiger partial charge in [-0.2, -0.15) is 4.98 Å². The van der Waals surface area contributed by atoms with Crippen molar-refractivity contribution in [3.8, 4) is 16.9 Å². The minimum atomic E-state index is -0.718. The number of carbonyl (C=O) groups is 1. The largest absolute Gasteiger partial charge is 0.710 e. The molecule has 1 saturated heterocycles. The van der Waals surface area contributed by atoms with Gasteiger partial charge in [0.05, 0.1) is 22.0 Å². The Labute approximate surface area is 253 Å². The second-order valence-electron chi connectivity index (χ2n) is 11.2. The Kier molecular flexibility index (Phi) is 8.20. The van der Waals surface area contributed by atoms with Crippen LogP contribution in [0.1, 0.15) is 57.8 Å². The summed E-state index contributed by atoms with van der Waals surface area (Å²) in [7, 11) is 0. The average molecular weight is 606 g/mol. The maximum atomic E-state index is 15.1. The summed E-state index contributed by atoms with van der Waals surface area (Å²) in [5.41, 5.74) is 0.540. The van der Waals surface area contributed by atoms with Gasteiger partial charge >= 0.3 is 11.3 Å². The van der Waals surface area contributed by atoms with Crippen LogP contribution in [0.15, 0.2) is 54.1 Å². The van der Waals surface area contributed by atoms with Crippen LogP contribution in [0, 0.1) is 11.0 Å². The molecule has 0 radical (unpaired) electrons. The molecule has 1 aliphatic rings. The summed E-state index contributed by atoms with van der Waals surface area (Å²) in [5.74, 6) is -0.852. The second kappa shape index (κ2) is 11.7. The highest BCUT2D eigenvalue weighted by Crippen LogP contribution is 2.35. The molecule has 10 nitrogen and oxygen atoms in total. The number of aromatic nitrogens is 5. The molecular formula is C31H33ClFN7O3. The number of fused-ring (bicyclic) bond motifs is 1. The molecule has 0 spiro atoms. The standard InChI is InChI=1S/C31H33ClFN7O3/c1-7-24(41)37-12-13-38(19(6)15-37)29-21-14-22(32)27(20-10-8-9-11-23(20)33)40(43)30(21)39(31(42)36-29)28-25(17(2)3)34-16-35-26(28)18(4)5/h7-11,14,16-19H,1,12-13,15H2,2-6H3/t19-/m0/s1. The topological polar surface area (TPSA) is 111 Å². The van der Waals surface area contributed by atoms with Gasteiger partial charge in [0.1, 0.15) is 17.5 Å². The van der Waals surface area contributed by atoms with E-state index in [9.17, 15) is 14.8 Å². The number of benzene rings is 1. The van der Waals surface area contributed by atoms with E-state index in [-0.39, 0.29) is 51.5 Å². The minimum Gasteiger partial charge on any atom is -0.710 e. The van der Waals surface area contributed by atoms with Crippen LogP contribution < -0.4 is 15.3 Å². The fourth-order valence-electron chi connectivity index (χ4n) is 5.63. The quantitative estimate of drug-likeness (QED) is 0.177. The predicted molar refractivity (Wildman–Crippen MR) is 164 cm³/mol. The van der Waals surface area contributed by atoms with E-state index in [1.807, 2.05) is 39.5 Å². The molecule has 1 amide bonds. The van der Waals surface area contributed by atoms with Gasteiger partial charge in [-0.3, -0.25) is 4.79 Å². The summed E-state index contributed by atoms with van der Waals surface area (Å²) in [5, 5.41) is 14.7. The third-order valence-electron chi connectivity index (χ3n) is 7.69. The molecule has 0 saturated carbocycles. The molecule has 0 aliphatic carbocycles. The molecule has 5 rings (SSSR count). The first-order valence-electron chi connectivity index (χ1n) is 14.1. The van der Waals surface area contributed by atoms with Gasteiger partial charge in [0, 0.05) is 25.7 Å². The first-order chi connectivity index (χ1) is 20.5. The van der Waals surface area contributed by atoms with Crippen LogP contribution in [0.5, 0.6) is 0 Å². The monoisotopic (exact) mass is 605 g/mol.